The highest BCUT2D eigenvalue weighted by molar-refractivity contribution is 6.37. The number of morpholine rings is 1. The molecule has 28 heavy (non-hydrogen) atoms. The van der Waals surface area contributed by atoms with Crippen LogP contribution in [0.2, 0.25) is 10.0 Å². The highest BCUT2D eigenvalue weighted by Gasteiger charge is 2.22. The maximum atomic E-state index is 10.8. The van der Waals surface area contributed by atoms with E-state index < -0.39 is 5.97 Å². The van der Waals surface area contributed by atoms with Crippen molar-refractivity contribution in [1.29, 1.82) is 0 Å². The molecule has 8 heteroatoms. The van der Waals surface area contributed by atoms with Gasteiger partial charge in [-0.15, -0.1) is 12.4 Å². The summed E-state index contributed by atoms with van der Waals surface area (Å²) in [7, 11) is 0. The molecule has 152 valence electrons. The summed E-state index contributed by atoms with van der Waals surface area (Å²) in [6, 6.07) is 13.2. The van der Waals surface area contributed by atoms with E-state index in [1.54, 1.807) is 18.2 Å². The molecule has 5 nitrogen and oxygen atoms in total. The quantitative estimate of drug-likeness (QED) is 0.659. The summed E-state index contributed by atoms with van der Waals surface area (Å²) in [5, 5.41) is 9.80. The summed E-state index contributed by atoms with van der Waals surface area (Å²) in [6.07, 6.45) is 0.0914. The fourth-order valence-electron chi connectivity index (χ4n) is 2.97. The van der Waals surface area contributed by atoms with Crippen LogP contribution in [0.3, 0.4) is 0 Å². The summed E-state index contributed by atoms with van der Waals surface area (Å²) in [6.45, 7) is 2.95. The normalized spacial score (nSPS) is 17.0. The Balaban J connectivity index is 0.00000280. The van der Waals surface area contributed by atoms with E-state index in [9.17, 15) is 4.79 Å². The third kappa shape index (κ3) is 6.26. The first-order chi connectivity index (χ1) is 13.0. The van der Waals surface area contributed by atoms with E-state index >= 15 is 0 Å². The first-order valence-corrected chi connectivity index (χ1v) is 9.50. The minimum Gasteiger partial charge on any atom is -0.486 e. The molecule has 0 amide bonds. The van der Waals surface area contributed by atoms with Crippen LogP contribution in [-0.4, -0.2) is 42.2 Å². The minimum atomic E-state index is -0.777. The van der Waals surface area contributed by atoms with E-state index in [4.69, 9.17) is 37.8 Å². The van der Waals surface area contributed by atoms with Gasteiger partial charge in [0.25, 0.3) is 0 Å². The molecule has 1 aliphatic heterocycles. The molecule has 1 fully saturated rings. The third-order valence-electron chi connectivity index (χ3n) is 4.45. The van der Waals surface area contributed by atoms with E-state index in [1.807, 2.05) is 24.3 Å². The lowest BCUT2D eigenvalue weighted by Gasteiger charge is -2.32. The molecule has 0 saturated carbocycles. The number of rotatable bonds is 7. The van der Waals surface area contributed by atoms with Gasteiger partial charge in [0.15, 0.2) is 5.75 Å². The van der Waals surface area contributed by atoms with Crippen LogP contribution < -0.4 is 4.74 Å². The van der Waals surface area contributed by atoms with E-state index in [0.717, 1.165) is 17.7 Å². The largest absolute Gasteiger partial charge is 0.486 e. The molecule has 0 bridgehead atoms. The number of ether oxygens (including phenoxy) is 2. The number of carboxylic acids is 1. The van der Waals surface area contributed by atoms with Crippen molar-refractivity contribution in [3.63, 3.8) is 0 Å². The molecule has 1 unspecified atom stereocenters. The number of carbonyl (C=O) groups is 1. The number of hydrogen-bond donors (Lipinski definition) is 1. The Hall–Kier alpha value is -1.50. The molecule has 3 rings (SSSR count). The van der Waals surface area contributed by atoms with E-state index in [-0.39, 0.29) is 24.9 Å². The number of benzene rings is 2. The second-order valence-corrected chi connectivity index (χ2v) is 7.20. The van der Waals surface area contributed by atoms with Crippen LogP contribution in [0.4, 0.5) is 0 Å². The smallest absolute Gasteiger partial charge is 0.304 e. The number of para-hydroxylation sites is 1. The molecule has 2 aromatic rings. The third-order valence-corrected chi connectivity index (χ3v) is 5.04. The lowest BCUT2D eigenvalue weighted by Crippen LogP contribution is -2.39. The zero-order valence-electron chi connectivity index (χ0n) is 15.1. The van der Waals surface area contributed by atoms with E-state index in [0.29, 0.717) is 42.1 Å². The van der Waals surface area contributed by atoms with Crippen LogP contribution in [0.25, 0.3) is 0 Å². The monoisotopic (exact) mass is 445 g/mol. The number of hydrogen-bond acceptors (Lipinski definition) is 4. The topological polar surface area (TPSA) is 59.0 Å². The standard InChI is InChI=1S/C20H21Cl2NO4.ClH/c21-16-2-1-3-17(22)20(16)27-13-14-4-6-15(7-5-14)18-12-23(10-11-26-18)9-8-19(24)25;/h1-7,18H,8-13H2,(H,24,25);1H. The minimum absolute atomic E-state index is 0. The van der Waals surface area contributed by atoms with Crippen LogP contribution in [0.5, 0.6) is 5.75 Å². The predicted molar refractivity (Wildman–Crippen MR) is 112 cm³/mol. The van der Waals surface area contributed by atoms with Crippen molar-refractivity contribution in [2.45, 2.75) is 19.1 Å². The number of carboxylic acid groups (broad SMARTS) is 1. The van der Waals surface area contributed by atoms with Crippen LogP contribution in [0.15, 0.2) is 42.5 Å². The van der Waals surface area contributed by atoms with Gasteiger partial charge in [0.05, 0.1) is 29.2 Å². The average molecular weight is 447 g/mol. The highest BCUT2D eigenvalue weighted by atomic mass is 35.5. The van der Waals surface area contributed by atoms with E-state index in [1.165, 1.54) is 0 Å². The Kier molecular flexibility index (Phi) is 8.86. The SMILES string of the molecule is Cl.O=C(O)CCN1CCOC(c2ccc(COc3c(Cl)cccc3Cl)cc2)C1. The first-order valence-electron chi connectivity index (χ1n) is 8.74. The fourth-order valence-corrected chi connectivity index (χ4v) is 3.47. The van der Waals surface area contributed by atoms with Gasteiger partial charge in [-0.3, -0.25) is 9.69 Å². The van der Waals surface area contributed by atoms with Crippen LogP contribution in [-0.2, 0) is 16.1 Å². The number of halogens is 3. The Bertz CT molecular complexity index is 765. The van der Waals surface area contributed by atoms with Crippen LogP contribution in [0, 0.1) is 0 Å². The average Bonchev–Trinajstić information content (AvgIpc) is 2.67. The Morgan fingerprint density at radius 1 is 1.18 bits per heavy atom. The predicted octanol–water partition coefficient (Wildman–Crippen LogP) is 4.84. The molecule has 0 aromatic heterocycles. The Morgan fingerprint density at radius 3 is 2.50 bits per heavy atom. The van der Waals surface area contributed by atoms with Gasteiger partial charge in [0.2, 0.25) is 0 Å². The lowest BCUT2D eigenvalue weighted by atomic mass is 10.1. The molecule has 0 radical (unpaired) electrons. The van der Waals surface area contributed by atoms with Gasteiger partial charge in [0, 0.05) is 19.6 Å². The molecule has 0 aliphatic carbocycles. The van der Waals surface area contributed by atoms with Gasteiger partial charge >= 0.3 is 5.97 Å². The van der Waals surface area contributed by atoms with Crippen LogP contribution >= 0.6 is 35.6 Å². The maximum absolute atomic E-state index is 10.8. The zero-order chi connectivity index (χ0) is 19.2. The molecule has 1 aliphatic rings. The van der Waals surface area contributed by atoms with Gasteiger partial charge in [-0.05, 0) is 23.3 Å². The van der Waals surface area contributed by atoms with Crippen molar-refractivity contribution in [1.82, 2.24) is 4.90 Å². The first kappa shape index (κ1) is 22.8. The summed E-state index contributed by atoms with van der Waals surface area (Å²) < 4.78 is 11.6. The van der Waals surface area contributed by atoms with Crippen molar-refractivity contribution in [3.05, 3.63) is 63.6 Å². The van der Waals surface area contributed by atoms with Gasteiger partial charge in [-0.2, -0.15) is 0 Å². The molecule has 1 atom stereocenters. The summed E-state index contributed by atoms with van der Waals surface area (Å²) >= 11 is 12.2. The highest BCUT2D eigenvalue weighted by Crippen LogP contribution is 2.33. The Labute approximate surface area is 180 Å². The molecular formula is C20H22Cl3NO4. The van der Waals surface area contributed by atoms with Crippen LogP contribution in [0.1, 0.15) is 23.7 Å². The van der Waals surface area contributed by atoms with Crippen molar-refractivity contribution in [2.24, 2.45) is 0 Å². The van der Waals surface area contributed by atoms with Crippen molar-refractivity contribution < 1.29 is 19.4 Å². The molecule has 2 aromatic carbocycles. The van der Waals surface area contributed by atoms with Gasteiger partial charge < -0.3 is 14.6 Å². The molecule has 1 heterocycles. The zero-order valence-corrected chi connectivity index (χ0v) is 17.5. The second kappa shape index (κ2) is 10.9. The molecule has 1 saturated heterocycles. The van der Waals surface area contributed by atoms with Gasteiger partial charge in [-0.25, -0.2) is 0 Å². The Morgan fingerprint density at radius 2 is 1.86 bits per heavy atom. The van der Waals surface area contributed by atoms with Crippen molar-refractivity contribution in [3.8, 4) is 5.75 Å². The lowest BCUT2D eigenvalue weighted by molar-refractivity contribution is -0.137. The van der Waals surface area contributed by atoms with Crippen molar-refractivity contribution in [2.75, 3.05) is 26.2 Å². The van der Waals surface area contributed by atoms with Crippen molar-refractivity contribution >= 4 is 41.6 Å². The van der Waals surface area contributed by atoms with Gasteiger partial charge in [-0.1, -0.05) is 53.5 Å². The molecule has 1 N–H and O–H groups in total. The number of aliphatic carboxylic acids is 1. The summed E-state index contributed by atoms with van der Waals surface area (Å²) in [5.74, 6) is -0.296. The molecular weight excluding hydrogens is 425 g/mol. The fraction of sp³-hybridized carbons (Fsp3) is 0.350. The number of nitrogens with zero attached hydrogens (tertiary/aromatic N) is 1. The maximum Gasteiger partial charge on any atom is 0.304 e. The summed E-state index contributed by atoms with van der Waals surface area (Å²) in [4.78, 5) is 12.9. The van der Waals surface area contributed by atoms with E-state index in [2.05, 4.69) is 4.90 Å². The summed E-state index contributed by atoms with van der Waals surface area (Å²) in [5.41, 5.74) is 2.06. The molecule has 0 spiro atoms. The second-order valence-electron chi connectivity index (χ2n) is 6.38. The van der Waals surface area contributed by atoms with Gasteiger partial charge in [0.1, 0.15) is 6.61 Å².